The van der Waals surface area contributed by atoms with Gasteiger partial charge in [-0.2, -0.15) is 0 Å². The van der Waals surface area contributed by atoms with Crippen LogP contribution in [0.25, 0.3) is 0 Å². The minimum Gasteiger partial charge on any atom is -0.481 e. The average molecular weight is 403 g/mol. The molecule has 5 nitrogen and oxygen atoms in total. The van der Waals surface area contributed by atoms with Crippen LogP contribution in [0.5, 0.6) is 0 Å². The predicted octanol–water partition coefficient (Wildman–Crippen LogP) is 4.07. The van der Waals surface area contributed by atoms with Gasteiger partial charge in [0, 0.05) is 43.4 Å². The molecule has 0 saturated heterocycles. The van der Waals surface area contributed by atoms with E-state index in [1.165, 1.54) is 0 Å². The molecule has 4 saturated carbocycles. The van der Waals surface area contributed by atoms with E-state index in [0.717, 1.165) is 19.3 Å². The van der Waals surface area contributed by atoms with E-state index in [1.807, 2.05) is 0 Å². The predicted molar refractivity (Wildman–Crippen MR) is 107 cm³/mol. The van der Waals surface area contributed by atoms with Crippen LogP contribution in [-0.4, -0.2) is 28.4 Å². The molecule has 5 heteroatoms. The maximum absolute atomic E-state index is 13.6. The van der Waals surface area contributed by atoms with E-state index in [4.69, 9.17) is 5.11 Å². The van der Waals surface area contributed by atoms with Crippen LogP contribution in [-0.2, 0) is 19.2 Å². The number of hydrogen-bond acceptors (Lipinski definition) is 4. The zero-order valence-corrected chi connectivity index (χ0v) is 17.9. The van der Waals surface area contributed by atoms with Gasteiger partial charge < -0.3 is 5.11 Å². The Hall–Kier alpha value is -1.52. The topological polar surface area (TPSA) is 88.5 Å². The quantitative estimate of drug-likeness (QED) is 0.766. The molecule has 4 aliphatic carbocycles. The number of aliphatic carboxylic acids is 1. The van der Waals surface area contributed by atoms with E-state index in [2.05, 4.69) is 20.8 Å². The summed E-state index contributed by atoms with van der Waals surface area (Å²) in [4.78, 5) is 50.0. The lowest BCUT2D eigenvalue weighted by molar-refractivity contribution is -0.166. The van der Waals surface area contributed by atoms with Gasteiger partial charge in [-0.05, 0) is 60.7 Å². The van der Waals surface area contributed by atoms with Gasteiger partial charge in [-0.25, -0.2) is 0 Å². The number of ketones is 3. The number of carbonyl (C=O) groups is 4. The van der Waals surface area contributed by atoms with Gasteiger partial charge in [-0.3, -0.25) is 19.2 Å². The third-order valence-electron chi connectivity index (χ3n) is 9.72. The third-order valence-corrected chi connectivity index (χ3v) is 9.72. The first kappa shape index (κ1) is 20.7. The second kappa shape index (κ2) is 7.02. The van der Waals surface area contributed by atoms with Crippen molar-refractivity contribution in [2.75, 3.05) is 0 Å². The molecule has 4 fully saturated rings. The highest BCUT2D eigenvalue weighted by atomic mass is 16.4. The lowest BCUT2D eigenvalue weighted by Crippen LogP contribution is -2.60. The Morgan fingerprint density at radius 3 is 2.52 bits per heavy atom. The second-order valence-corrected chi connectivity index (χ2v) is 10.9. The number of carboxylic acids is 1. The van der Waals surface area contributed by atoms with E-state index in [0.29, 0.717) is 32.1 Å². The first-order valence-electron chi connectivity index (χ1n) is 11.4. The normalized spacial score (nSPS) is 45.3. The van der Waals surface area contributed by atoms with Crippen molar-refractivity contribution < 1.29 is 24.3 Å². The van der Waals surface area contributed by atoms with Gasteiger partial charge in [-0.15, -0.1) is 0 Å². The lowest BCUT2D eigenvalue weighted by atomic mass is 9.44. The number of hydrogen-bond donors (Lipinski definition) is 1. The molecular weight excluding hydrogens is 368 g/mol. The molecule has 0 bridgehead atoms. The highest BCUT2D eigenvalue weighted by molar-refractivity contribution is 5.93. The second-order valence-electron chi connectivity index (χ2n) is 10.9. The Morgan fingerprint density at radius 2 is 1.83 bits per heavy atom. The van der Waals surface area contributed by atoms with E-state index < -0.39 is 11.4 Å². The molecule has 0 radical (unpaired) electrons. The molecular formula is C24H34O5. The highest BCUT2D eigenvalue weighted by Gasteiger charge is 2.66. The van der Waals surface area contributed by atoms with Crippen LogP contribution < -0.4 is 0 Å². The van der Waals surface area contributed by atoms with Gasteiger partial charge >= 0.3 is 5.97 Å². The molecule has 1 N–H and O–H groups in total. The number of Topliss-reactive ketones (excluding diaryl/α,β-unsaturated/α-hetero) is 3. The number of carboxylic acid groups (broad SMARTS) is 1. The SMILES string of the molecule is C[C@@H](CCC(=O)O)[C@@H]1CC[C@@H]2[C@H]3C(=O)C[C@H]4CC(=O)CC[C@@]4(C)[C@@H]3CC(=O)[C@]21C. The minimum atomic E-state index is -0.792. The summed E-state index contributed by atoms with van der Waals surface area (Å²) in [6, 6.07) is 0. The molecule has 0 amide bonds. The Bertz CT molecular complexity index is 756. The number of carbonyl (C=O) groups excluding carboxylic acids is 3. The summed E-state index contributed by atoms with van der Waals surface area (Å²) in [5.74, 6) is 0.524. The van der Waals surface area contributed by atoms with Crippen LogP contribution in [0.4, 0.5) is 0 Å². The van der Waals surface area contributed by atoms with Crippen molar-refractivity contribution in [3.05, 3.63) is 0 Å². The molecule has 160 valence electrons. The molecule has 0 aromatic heterocycles. The zero-order chi connectivity index (χ0) is 21.1. The van der Waals surface area contributed by atoms with Crippen LogP contribution in [0.3, 0.4) is 0 Å². The number of rotatable bonds is 4. The van der Waals surface area contributed by atoms with E-state index in [-0.39, 0.29) is 64.7 Å². The van der Waals surface area contributed by atoms with Crippen LogP contribution in [0.1, 0.15) is 78.6 Å². The van der Waals surface area contributed by atoms with Gasteiger partial charge in [-0.1, -0.05) is 20.8 Å². The lowest BCUT2D eigenvalue weighted by Gasteiger charge is -2.58. The van der Waals surface area contributed by atoms with Gasteiger partial charge in [0.2, 0.25) is 0 Å². The van der Waals surface area contributed by atoms with Gasteiger partial charge in [0.15, 0.2) is 0 Å². The Labute approximate surface area is 173 Å². The Morgan fingerprint density at radius 1 is 1.10 bits per heavy atom. The zero-order valence-electron chi connectivity index (χ0n) is 17.9. The van der Waals surface area contributed by atoms with Crippen LogP contribution in [0, 0.1) is 46.3 Å². The highest BCUT2D eigenvalue weighted by Crippen LogP contribution is 2.66. The van der Waals surface area contributed by atoms with Crippen molar-refractivity contribution in [2.45, 2.75) is 78.6 Å². The monoisotopic (exact) mass is 402 g/mol. The first-order valence-corrected chi connectivity index (χ1v) is 11.4. The first-order chi connectivity index (χ1) is 13.6. The summed E-state index contributed by atoms with van der Waals surface area (Å²) in [6.07, 6.45) is 5.33. The van der Waals surface area contributed by atoms with E-state index >= 15 is 0 Å². The fourth-order valence-electron chi connectivity index (χ4n) is 7.94. The fourth-order valence-corrected chi connectivity index (χ4v) is 7.94. The van der Waals surface area contributed by atoms with Crippen molar-refractivity contribution in [3.8, 4) is 0 Å². The molecule has 8 atom stereocenters. The minimum absolute atomic E-state index is 0.0659. The van der Waals surface area contributed by atoms with E-state index in [9.17, 15) is 19.2 Å². The van der Waals surface area contributed by atoms with Gasteiger partial charge in [0.1, 0.15) is 17.3 Å². The number of fused-ring (bicyclic) bond motifs is 5. The largest absolute Gasteiger partial charge is 0.481 e. The molecule has 0 aromatic carbocycles. The standard InChI is InChI=1S/C24H34O5/c1-13(4-7-21(28)29)16-5-6-17-22-18(12-20(27)24(16,17)3)23(2)9-8-15(25)10-14(23)11-19(22)26/h13-14,16-18,22H,4-12H2,1-3H3,(H,28,29)/t13-,14+,16-,17+,18+,22+,23+,24-/m0/s1. The molecule has 0 aromatic rings. The summed E-state index contributed by atoms with van der Waals surface area (Å²) < 4.78 is 0. The maximum Gasteiger partial charge on any atom is 0.303 e. The molecule has 0 heterocycles. The maximum atomic E-state index is 13.6. The van der Waals surface area contributed by atoms with Crippen LogP contribution in [0.2, 0.25) is 0 Å². The molecule has 0 aliphatic heterocycles. The summed E-state index contributed by atoms with van der Waals surface area (Å²) in [5, 5.41) is 9.06. The van der Waals surface area contributed by atoms with Gasteiger partial charge in [0.05, 0.1) is 0 Å². The summed E-state index contributed by atoms with van der Waals surface area (Å²) in [5.41, 5.74) is -0.598. The van der Waals surface area contributed by atoms with Crippen molar-refractivity contribution in [2.24, 2.45) is 46.3 Å². The third kappa shape index (κ3) is 3.02. The molecule has 29 heavy (non-hydrogen) atoms. The van der Waals surface area contributed by atoms with Crippen LogP contribution >= 0.6 is 0 Å². The van der Waals surface area contributed by atoms with Crippen molar-refractivity contribution >= 4 is 23.3 Å². The smallest absolute Gasteiger partial charge is 0.303 e. The van der Waals surface area contributed by atoms with E-state index in [1.54, 1.807) is 0 Å². The summed E-state index contributed by atoms with van der Waals surface area (Å²) in [6.45, 7) is 6.37. The Kier molecular flexibility index (Phi) is 5.02. The molecule has 4 aliphatic rings. The van der Waals surface area contributed by atoms with Crippen LogP contribution in [0.15, 0.2) is 0 Å². The molecule has 0 unspecified atom stereocenters. The summed E-state index contributed by atoms with van der Waals surface area (Å²) >= 11 is 0. The van der Waals surface area contributed by atoms with Crippen molar-refractivity contribution in [1.82, 2.24) is 0 Å². The average Bonchev–Trinajstić information content (AvgIpc) is 3.01. The molecule has 0 spiro atoms. The van der Waals surface area contributed by atoms with Crippen molar-refractivity contribution in [1.29, 1.82) is 0 Å². The van der Waals surface area contributed by atoms with Crippen molar-refractivity contribution in [3.63, 3.8) is 0 Å². The van der Waals surface area contributed by atoms with Gasteiger partial charge in [0.25, 0.3) is 0 Å². The summed E-state index contributed by atoms with van der Waals surface area (Å²) in [7, 11) is 0. The Balaban J connectivity index is 1.63. The molecule has 4 rings (SSSR count). The fraction of sp³-hybridized carbons (Fsp3) is 0.833.